The Balaban J connectivity index is 2.37. The summed E-state index contributed by atoms with van der Waals surface area (Å²) >= 11 is 4.63. The molecule has 100 valence electrons. The predicted molar refractivity (Wildman–Crippen MR) is 76.1 cm³/mol. The van der Waals surface area contributed by atoms with Crippen molar-refractivity contribution in [3.05, 3.63) is 42.9 Å². The second-order valence-electron chi connectivity index (χ2n) is 3.83. The van der Waals surface area contributed by atoms with E-state index >= 15 is 0 Å². The molecule has 0 amide bonds. The molecule has 2 aromatic heterocycles. The summed E-state index contributed by atoms with van der Waals surface area (Å²) in [7, 11) is 1.42. The standard InChI is InChI=1S/C12H11BrN2O3S/c1-7-5-10(17)15(12(14-7)18-2)6-9(16)11-8(13)3-4-19-11/h3-5H,6H2,1-2H3. The molecule has 0 unspecified atom stereocenters. The van der Waals surface area contributed by atoms with E-state index in [9.17, 15) is 9.59 Å². The van der Waals surface area contributed by atoms with Gasteiger partial charge in [-0.2, -0.15) is 0 Å². The molecule has 19 heavy (non-hydrogen) atoms. The predicted octanol–water partition coefficient (Wildman–Crippen LogP) is 2.27. The van der Waals surface area contributed by atoms with E-state index < -0.39 is 0 Å². The van der Waals surface area contributed by atoms with Gasteiger partial charge in [-0.3, -0.25) is 14.2 Å². The molecule has 0 spiro atoms. The number of rotatable bonds is 4. The van der Waals surface area contributed by atoms with Crippen LogP contribution in [0.5, 0.6) is 6.01 Å². The lowest BCUT2D eigenvalue weighted by molar-refractivity contribution is 0.0969. The largest absolute Gasteiger partial charge is 0.468 e. The highest BCUT2D eigenvalue weighted by atomic mass is 79.9. The minimum Gasteiger partial charge on any atom is -0.468 e. The maximum Gasteiger partial charge on any atom is 0.299 e. The summed E-state index contributed by atoms with van der Waals surface area (Å²) in [6, 6.07) is 3.32. The number of carbonyl (C=O) groups excluding carboxylic acids is 1. The first-order valence-electron chi connectivity index (χ1n) is 5.41. The fourth-order valence-electron chi connectivity index (χ4n) is 1.60. The summed E-state index contributed by atoms with van der Waals surface area (Å²) in [6.45, 7) is 1.61. The third kappa shape index (κ3) is 2.93. The van der Waals surface area contributed by atoms with Crippen molar-refractivity contribution in [2.75, 3.05) is 7.11 Å². The van der Waals surface area contributed by atoms with Gasteiger partial charge in [0.1, 0.15) is 0 Å². The van der Waals surface area contributed by atoms with Crippen LogP contribution in [0.4, 0.5) is 0 Å². The highest BCUT2D eigenvalue weighted by Crippen LogP contribution is 2.23. The number of methoxy groups -OCH3 is 1. The highest BCUT2D eigenvalue weighted by molar-refractivity contribution is 9.10. The maximum atomic E-state index is 12.1. The number of hydrogen-bond donors (Lipinski definition) is 0. The van der Waals surface area contributed by atoms with Gasteiger partial charge in [0.2, 0.25) is 0 Å². The van der Waals surface area contributed by atoms with Crippen molar-refractivity contribution in [3.8, 4) is 6.01 Å². The lowest BCUT2D eigenvalue weighted by Gasteiger charge is -2.09. The SMILES string of the molecule is COc1nc(C)cc(=O)n1CC(=O)c1sccc1Br. The molecule has 2 heterocycles. The summed E-state index contributed by atoms with van der Waals surface area (Å²) in [6.07, 6.45) is 0. The fraction of sp³-hybridized carbons (Fsp3) is 0.250. The van der Waals surface area contributed by atoms with Gasteiger partial charge < -0.3 is 4.74 Å². The van der Waals surface area contributed by atoms with Gasteiger partial charge in [0.05, 0.1) is 18.5 Å². The summed E-state index contributed by atoms with van der Waals surface area (Å²) in [5.41, 5.74) is 0.258. The Morgan fingerprint density at radius 1 is 1.58 bits per heavy atom. The van der Waals surface area contributed by atoms with Gasteiger partial charge in [-0.1, -0.05) is 0 Å². The van der Waals surface area contributed by atoms with E-state index in [0.29, 0.717) is 10.6 Å². The van der Waals surface area contributed by atoms with Gasteiger partial charge in [-0.05, 0) is 34.3 Å². The number of aryl methyl sites for hydroxylation is 1. The molecule has 7 heteroatoms. The molecule has 5 nitrogen and oxygen atoms in total. The number of hydrogen-bond acceptors (Lipinski definition) is 5. The fourth-order valence-corrected chi connectivity index (χ4v) is 3.13. The number of halogens is 1. The monoisotopic (exact) mass is 342 g/mol. The molecule has 0 N–H and O–H groups in total. The Kier molecular flexibility index (Phi) is 4.16. The molecule has 0 fully saturated rings. The Hall–Kier alpha value is -1.47. The highest BCUT2D eigenvalue weighted by Gasteiger charge is 2.16. The molecule has 0 aliphatic heterocycles. The van der Waals surface area contributed by atoms with Crippen LogP contribution < -0.4 is 10.3 Å². The smallest absolute Gasteiger partial charge is 0.299 e. The average molecular weight is 343 g/mol. The zero-order valence-electron chi connectivity index (χ0n) is 10.3. The van der Waals surface area contributed by atoms with Crippen molar-refractivity contribution in [1.82, 2.24) is 9.55 Å². The Morgan fingerprint density at radius 2 is 2.32 bits per heavy atom. The van der Waals surface area contributed by atoms with Crippen LogP contribution in [0.3, 0.4) is 0 Å². The molecule has 0 saturated heterocycles. The zero-order valence-corrected chi connectivity index (χ0v) is 12.7. The summed E-state index contributed by atoms with van der Waals surface area (Å²) in [5.74, 6) is -0.159. The van der Waals surface area contributed by atoms with Crippen LogP contribution >= 0.6 is 27.3 Å². The van der Waals surface area contributed by atoms with Gasteiger partial charge >= 0.3 is 0 Å². The van der Waals surface area contributed by atoms with Crippen molar-refractivity contribution in [1.29, 1.82) is 0 Å². The van der Waals surface area contributed by atoms with E-state index in [1.807, 2.05) is 5.38 Å². The normalized spacial score (nSPS) is 10.5. The van der Waals surface area contributed by atoms with E-state index in [-0.39, 0.29) is 23.9 Å². The second-order valence-corrected chi connectivity index (χ2v) is 5.60. The zero-order chi connectivity index (χ0) is 14.0. The first-order valence-corrected chi connectivity index (χ1v) is 7.09. The van der Waals surface area contributed by atoms with Crippen LogP contribution in [0.1, 0.15) is 15.4 Å². The van der Waals surface area contributed by atoms with E-state index in [4.69, 9.17) is 4.74 Å². The molecule has 2 rings (SSSR count). The lowest BCUT2D eigenvalue weighted by Crippen LogP contribution is -2.26. The van der Waals surface area contributed by atoms with Crippen molar-refractivity contribution in [2.45, 2.75) is 13.5 Å². The molecular weight excluding hydrogens is 332 g/mol. The number of ether oxygens (including phenoxy) is 1. The average Bonchev–Trinajstić information content (AvgIpc) is 2.78. The lowest BCUT2D eigenvalue weighted by atomic mass is 10.3. The first-order chi connectivity index (χ1) is 9.02. The topological polar surface area (TPSA) is 61.2 Å². The van der Waals surface area contributed by atoms with E-state index in [1.54, 1.807) is 13.0 Å². The first kappa shape index (κ1) is 14.0. The minimum atomic E-state index is -0.301. The quantitative estimate of drug-likeness (QED) is 0.799. The molecule has 2 aromatic rings. The number of Topliss-reactive ketones (excluding diaryl/α,β-unsaturated/α-hetero) is 1. The van der Waals surface area contributed by atoms with Gasteiger partial charge in [-0.15, -0.1) is 11.3 Å². The second kappa shape index (κ2) is 5.66. The summed E-state index contributed by atoms with van der Waals surface area (Å²) in [4.78, 5) is 28.7. The molecular formula is C12H11BrN2O3S. The van der Waals surface area contributed by atoms with Gasteiger partial charge in [-0.25, -0.2) is 4.98 Å². The third-order valence-corrected chi connectivity index (χ3v) is 4.33. The van der Waals surface area contributed by atoms with Crippen LogP contribution in [0.2, 0.25) is 0 Å². The number of ketones is 1. The number of thiophene rings is 1. The van der Waals surface area contributed by atoms with E-state index in [0.717, 1.165) is 4.47 Å². The number of aromatic nitrogens is 2. The molecule has 0 aromatic carbocycles. The minimum absolute atomic E-state index is 0.0889. The van der Waals surface area contributed by atoms with Crippen molar-refractivity contribution in [2.24, 2.45) is 0 Å². The van der Waals surface area contributed by atoms with E-state index in [2.05, 4.69) is 20.9 Å². The van der Waals surface area contributed by atoms with Crippen LogP contribution in [0, 0.1) is 6.92 Å². The Morgan fingerprint density at radius 3 is 2.89 bits per heavy atom. The molecule has 0 radical (unpaired) electrons. The van der Waals surface area contributed by atoms with Crippen LogP contribution in [0.15, 0.2) is 26.8 Å². The van der Waals surface area contributed by atoms with Crippen LogP contribution in [-0.2, 0) is 6.54 Å². The van der Waals surface area contributed by atoms with Gasteiger partial charge in [0.15, 0.2) is 5.78 Å². The maximum absolute atomic E-state index is 12.1. The Bertz CT molecular complexity index is 678. The van der Waals surface area contributed by atoms with Crippen molar-refractivity contribution >= 4 is 33.0 Å². The van der Waals surface area contributed by atoms with Crippen LogP contribution in [-0.4, -0.2) is 22.4 Å². The Labute approximate surface area is 122 Å². The molecule has 0 atom stereocenters. The van der Waals surface area contributed by atoms with Crippen molar-refractivity contribution < 1.29 is 9.53 Å². The van der Waals surface area contributed by atoms with Gasteiger partial charge in [0.25, 0.3) is 11.6 Å². The molecule has 0 saturated carbocycles. The molecule has 0 aliphatic rings. The summed E-state index contributed by atoms with van der Waals surface area (Å²) < 4.78 is 7.00. The van der Waals surface area contributed by atoms with E-state index in [1.165, 1.54) is 29.1 Å². The third-order valence-electron chi connectivity index (χ3n) is 2.46. The molecule has 0 aliphatic carbocycles. The van der Waals surface area contributed by atoms with Crippen LogP contribution in [0.25, 0.3) is 0 Å². The molecule has 0 bridgehead atoms. The summed E-state index contributed by atoms with van der Waals surface area (Å²) in [5, 5.41) is 1.81. The van der Waals surface area contributed by atoms with Gasteiger partial charge in [0, 0.05) is 16.2 Å². The number of nitrogens with zero attached hydrogens (tertiary/aromatic N) is 2. The number of carbonyl (C=O) groups is 1. The van der Waals surface area contributed by atoms with Crippen molar-refractivity contribution in [3.63, 3.8) is 0 Å².